The number of allylic oxidation sites excluding steroid dienone is 26. The van der Waals surface area contributed by atoms with Gasteiger partial charge >= 0.3 is 0 Å². The van der Waals surface area contributed by atoms with Crippen molar-refractivity contribution in [3.05, 3.63) is 158 Å². The maximum absolute atomic E-state index is 12.2. The van der Waals surface area contributed by atoms with Crippen molar-refractivity contribution in [2.45, 2.75) is 451 Å². The van der Waals surface area contributed by atoms with Crippen LogP contribution >= 0.6 is 0 Å². The first kappa shape index (κ1) is 98.1. The molecule has 8 nitrogen and oxygen atoms in total. The Kier molecular flexibility index (Phi) is 47.9. The van der Waals surface area contributed by atoms with Gasteiger partial charge in [0.05, 0.1) is 0 Å². The van der Waals surface area contributed by atoms with E-state index in [1.807, 2.05) is 0 Å². The van der Waals surface area contributed by atoms with Gasteiger partial charge < -0.3 is 21.3 Å². The lowest BCUT2D eigenvalue weighted by atomic mass is 9.33. The van der Waals surface area contributed by atoms with E-state index in [4.69, 9.17) is 0 Å². The van der Waals surface area contributed by atoms with E-state index in [9.17, 15) is 19.2 Å². The van der Waals surface area contributed by atoms with Gasteiger partial charge in [0.1, 0.15) is 0 Å². The van der Waals surface area contributed by atoms with Crippen molar-refractivity contribution in [1.29, 1.82) is 0 Å². The van der Waals surface area contributed by atoms with E-state index in [1.54, 1.807) is 0 Å². The Morgan fingerprint density at radius 3 is 0.628 bits per heavy atom. The van der Waals surface area contributed by atoms with Gasteiger partial charge in [0.25, 0.3) is 0 Å². The molecule has 12 aliphatic carbocycles. The Labute approximate surface area is 696 Å². The first-order valence-corrected chi connectivity index (χ1v) is 47.2. The molecule has 0 spiro atoms. The fraction of sp³-hybridized carbons (Fsp3) is 0.714. The molecule has 636 valence electrons. The number of hydrogen-bond donors (Lipinski definition) is 4. The molecule has 0 heterocycles. The summed E-state index contributed by atoms with van der Waals surface area (Å²) in [5, 5.41) is 13.1. The van der Waals surface area contributed by atoms with Crippen molar-refractivity contribution in [2.24, 2.45) is 27.1 Å². The van der Waals surface area contributed by atoms with E-state index in [0.717, 1.165) is 109 Å². The van der Waals surface area contributed by atoms with E-state index in [-0.39, 0.29) is 39.9 Å². The molecule has 12 fully saturated rings. The average molecular weight is 1550 g/mol. The maximum atomic E-state index is 12.2. The third-order valence-corrected chi connectivity index (χ3v) is 25.5. The molecule has 0 unspecified atom stereocenters. The number of unbranched alkanes of at least 4 members (excludes halogenated alkanes) is 23. The highest BCUT2D eigenvalue weighted by atomic mass is 16.2. The molecule has 8 bridgehead atoms. The smallest absolute Gasteiger partial charge is 0.220 e. The zero-order valence-electron chi connectivity index (χ0n) is 74.7. The zero-order valence-corrected chi connectivity index (χ0v) is 74.7. The molecule has 12 aliphatic rings. The SMILES string of the molecule is CCCCC/C=C\C/C=C\C/C=C\C/C=C\CCCC(=O)NC12CC(C(C)(C)C)(C1)C2.CCCCC/C=C\C/C=C\C/C=C\C/C=C\CCCC(=O)NC12CC(C)(C1)C2.CCCCC/C=C\C/C=C\C/C=C\C/C=C\CCCC(=O)NC12CC(C)(C1)C2.CCCCCCCC/C=C\CCCCCCCC(=O)NC12CC(C)(C1)C2. The zero-order chi connectivity index (χ0) is 81.6. The number of amides is 4. The van der Waals surface area contributed by atoms with Crippen LogP contribution in [-0.4, -0.2) is 45.8 Å². The summed E-state index contributed by atoms with van der Waals surface area (Å²) in [6.07, 6.45) is 123. The summed E-state index contributed by atoms with van der Waals surface area (Å²) in [5.74, 6) is 1.04. The fourth-order valence-corrected chi connectivity index (χ4v) is 19.6. The second kappa shape index (κ2) is 55.2. The second-order valence-corrected chi connectivity index (χ2v) is 38.7. The number of rotatable bonds is 61. The molecule has 4 N–H and O–H groups in total. The third kappa shape index (κ3) is 40.5. The summed E-state index contributed by atoms with van der Waals surface area (Å²) in [6.45, 7) is 23.0. The average Bonchev–Trinajstić information content (AvgIpc) is 0.671. The van der Waals surface area contributed by atoms with Crippen molar-refractivity contribution in [3.63, 3.8) is 0 Å². The molecule has 8 heteroatoms. The van der Waals surface area contributed by atoms with E-state index in [2.05, 4.69) is 248 Å². The van der Waals surface area contributed by atoms with E-state index < -0.39 is 0 Å². The summed E-state index contributed by atoms with van der Waals surface area (Å²) < 4.78 is 0. The molecule has 0 saturated heterocycles. The molecule has 12 rings (SSSR count). The highest BCUT2D eigenvalue weighted by Crippen LogP contribution is 2.74. The van der Waals surface area contributed by atoms with Crippen LogP contribution < -0.4 is 21.3 Å². The van der Waals surface area contributed by atoms with Gasteiger partial charge in [-0.1, -0.05) is 317 Å². The lowest BCUT2D eigenvalue weighted by Gasteiger charge is -2.75. The standard InChI is InChI=1S/C29H47NO.2C26H41NO.C24H43NO/c1-5-6-7-8-9-10-11-12-13-14-15-16-17-18-19-20-21-22-26(31)30-29-23-28(24-29,25-29)27(2,3)4;2*1-3-4-5-6-7-8-9-10-11-12-13-14-15-16-17-18-19-20-24(28)27-26-21-25(2,22-26)23-26;1-3-4-5-6-7-8-9-10-11-12-13-14-15-16-17-18-22(26)25-24-19-23(2,20-24)21-24/h9-10,12-13,15-16,18-19H,5-8,11,14,17,20-25H2,1-4H3,(H,30,31);2*7-8,10-11,13-14,16-17H,3-6,9,12,15,18-23H2,1-2H3,(H,27,28);10-11H,3-9,12-21H2,1-2H3,(H,25,26)/b10-9-,13-12-,16-15-,19-18-;2*8-7-,11-10-,14-13-,17-16-;11-10-. The van der Waals surface area contributed by atoms with Gasteiger partial charge in [0, 0.05) is 47.8 Å². The summed E-state index contributed by atoms with van der Waals surface area (Å²) in [6, 6.07) is 0. The Morgan fingerprint density at radius 2 is 0.398 bits per heavy atom. The van der Waals surface area contributed by atoms with Crippen molar-refractivity contribution in [2.75, 3.05) is 0 Å². The second-order valence-electron chi connectivity index (χ2n) is 38.7. The summed E-state index contributed by atoms with van der Waals surface area (Å²) in [5.41, 5.74) is 3.36. The fourth-order valence-electron chi connectivity index (χ4n) is 19.6. The van der Waals surface area contributed by atoms with Crippen LogP contribution in [0.25, 0.3) is 0 Å². The number of carbonyl (C=O) groups excluding carboxylic acids is 4. The predicted molar refractivity (Wildman–Crippen MR) is 490 cm³/mol. The molecule has 113 heavy (non-hydrogen) atoms. The van der Waals surface area contributed by atoms with E-state index >= 15 is 0 Å². The largest absolute Gasteiger partial charge is 0.351 e. The minimum atomic E-state index is 0.157. The van der Waals surface area contributed by atoms with Gasteiger partial charge in [0.15, 0.2) is 0 Å². The van der Waals surface area contributed by atoms with Crippen molar-refractivity contribution < 1.29 is 19.2 Å². The Morgan fingerprint density at radius 1 is 0.230 bits per heavy atom. The summed E-state index contributed by atoms with van der Waals surface area (Å²) in [7, 11) is 0. The van der Waals surface area contributed by atoms with Crippen LogP contribution in [-0.2, 0) is 19.2 Å². The highest BCUT2D eigenvalue weighted by Gasteiger charge is 2.72. The van der Waals surface area contributed by atoms with Crippen molar-refractivity contribution in [1.82, 2.24) is 21.3 Å². The molecule has 12 saturated carbocycles. The Hall–Kier alpha value is -5.50. The number of hydrogen-bond acceptors (Lipinski definition) is 4. The molecule has 0 radical (unpaired) electrons. The van der Waals surface area contributed by atoms with Crippen LogP contribution in [0.4, 0.5) is 0 Å². The molecule has 0 aliphatic heterocycles. The van der Waals surface area contributed by atoms with E-state index in [0.29, 0.717) is 52.2 Å². The quantitative estimate of drug-likeness (QED) is 0.0359. The molecule has 0 aromatic carbocycles. The molecule has 0 aromatic heterocycles. The van der Waals surface area contributed by atoms with Crippen LogP contribution in [0.15, 0.2) is 158 Å². The van der Waals surface area contributed by atoms with Gasteiger partial charge in [0.2, 0.25) is 23.6 Å². The normalized spacial score (nSPS) is 26.2. The summed E-state index contributed by atoms with van der Waals surface area (Å²) in [4.78, 5) is 48.2. The molecular weight excluding hydrogens is 1380 g/mol. The van der Waals surface area contributed by atoms with Gasteiger partial charge in [-0.25, -0.2) is 0 Å². The molecular formula is C105H172N4O4. The van der Waals surface area contributed by atoms with Gasteiger partial charge in [-0.3, -0.25) is 19.2 Å². The van der Waals surface area contributed by atoms with Crippen LogP contribution in [0.3, 0.4) is 0 Å². The van der Waals surface area contributed by atoms with Crippen LogP contribution in [0, 0.1) is 27.1 Å². The molecule has 4 amide bonds. The minimum Gasteiger partial charge on any atom is -0.351 e. The minimum absolute atomic E-state index is 0.157. The van der Waals surface area contributed by atoms with E-state index in [1.165, 1.54) is 231 Å². The summed E-state index contributed by atoms with van der Waals surface area (Å²) >= 11 is 0. The third-order valence-electron chi connectivity index (χ3n) is 25.5. The van der Waals surface area contributed by atoms with Gasteiger partial charge in [-0.15, -0.1) is 0 Å². The first-order chi connectivity index (χ1) is 54.6. The van der Waals surface area contributed by atoms with Crippen LogP contribution in [0.1, 0.15) is 429 Å². The Balaban J connectivity index is 0.000000270. The number of carbonyl (C=O) groups is 4. The number of nitrogens with one attached hydrogen (secondary N) is 4. The lowest BCUT2D eigenvalue weighted by Crippen LogP contribution is -2.77. The van der Waals surface area contributed by atoms with Crippen molar-refractivity contribution >= 4 is 23.6 Å². The molecule has 0 aromatic rings. The Bertz CT molecular complexity index is 2890. The van der Waals surface area contributed by atoms with Crippen LogP contribution in [0.5, 0.6) is 0 Å². The highest BCUT2D eigenvalue weighted by molar-refractivity contribution is 5.79. The van der Waals surface area contributed by atoms with Crippen LogP contribution in [0.2, 0.25) is 0 Å². The van der Waals surface area contributed by atoms with Gasteiger partial charge in [-0.05, 0) is 271 Å². The lowest BCUT2D eigenvalue weighted by molar-refractivity contribution is -0.217. The maximum Gasteiger partial charge on any atom is 0.220 e. The first-order valence-electron chi connectivity index (χ1n) is 47.2. The topological polar surface area (TPSA) is 116 Å². The van der Waals surface area contributed by atoms with Gasteiger partial charge in [-0.2, -0.15) is 0 Å². The van der Waals surface area contributed by atoms with Crippen molar-refractivity contribution in [3.8, 4) is 0 Å². The predicted octanol–water partition coefficient (Wildman–Crippen LogP) is 29.7. The molecule has 0 atom stereocenters. The monoisotopic (exact) mass is 1550 g/mol.